The normalized spacial score (nSPS) is 15.8. The lowest BCUT2D eigenvalue weighted by Crippen LogP contribution is -2.32. The second-order valence-electron chi connectivity index (χ2n) is 6.01. The molecule has 1 aromatic heterocycles. The maximum absolute atomic E-state index is 13.9. The summed E-state index contributed by atoms with van der Waals surface area (Å²) in [7, 11) is 0. The SMILES string of the molecule is C[C@H](O)c1cc2n(n1)CCCN(C(=O)Cc1c(F)cccc1Cl)C2. The third kappa shape index (κ3) is 3.44. The van der Waals surface area contributed by atoms with Crippen molar-refractivity contribution < 1.29 is 14.3 Å². The number of halogens is 2. The lowest BCUT2D eigenvalue weighted by Gasteiger charge is -2.20. The largest absolute Gasteiger partial charge is 0.387 e. The molecule has 0 saturated heterocycles. The molecule has 1 aromatic carbocycles. The van der Waals surface area contributed by atoms with E-state index in [4.69, 9.17) is 11.6 Å². The van der Waals surface area contributed by atoms with Gasteiger partial charge in [0.15, 0.2) is 0 Å². The smallest absolute Gasteiger partial charge is 0.227 e. The Bertz CT molecular complexity index is 740. The van der Waals surface area contributed by atoms with Gasteiger partial charge in [0, 0.05) is 23.7 Å². The number of hydrogen-bond acceptors (Lipinski definition) is 3. The Morgan fingerprint density at radius 2 is 2.25 bits per heavy atom. The molecular weight excluding hydrogens is 333 g/mol. The van der Waals surface area contributed by atoms with Crippen molar-refractivity contribution >= 4 is 17.5 Å². The first-order chi connectivity index (χ1) is 11.5. The van der Waals surface area contributed by atoms with Crippen LogP contribution in [0.25, 0.3) is 0 Å². The van der Waals surface area contributed by atoms with Gasteiger partial charge in [-0.3, -0.25) is 9.48 Å². The van der Waals surface area contributed by atoms with Gasteiger partial charge in [-0.1, -0.05) is 17.7 Å². The maximum atomic E-state index is 13.9. The van der Waals surface area contributed by atoms with Gasteiger partial charge in [-0.2, -0.15) is 5.10 Å². The fraction of sp³-hybridized carbons (Fsp3) is 0.412. The van der Waals surface area contributed by atoms with E-state index in [0.717, 1.165) is 12.1 Å². The Kier molecular flexibility index (Phi) is 4.87. The minimum atomic E-state index is -0.647. The molecule has 0 spiro atoms. The average Bonchev–Trinajstić information content (AvgIpc) is 2.83. The zero-order valence-electron chi connectivity index (χ0n) is 13.4. The Morgan fingerprint density at radius 3 is 2.96 bits per heavy atom. The maximum Gasteiger partial charge on any atom is 0.227 e. The van der Waals surface area contributed by atoms with Crippen LogP contribution in [0.15, 0.2) is 24.3 Å². The number of carbonyl (C=O) groups is 1. The quantitative estimate of drug-likeness (QED) is 0.925. The monoisotopic (exact) mass is 351 g/mol. The van der Waals surface area contributed by atoms with Gasteiger partial charge in [0.25, 0.3) is 0 Å². The Hall–Kier alpha value is -1.92. The molecule has 1 atom stereocenters. The number of nitrogens with zero attached hydrogens (tertiary/aromatic N) is 3. The van der Waals surface area contributed by atoms with Crippen molar-refractivity contribution in [1.29, 1.82) is 0 Å². The fourth-order valence-corrected chi connectivity index (χ4v) is 3.10. The number of amides is 1. The predicted octanol–water partition coefficient (Wildman–Crippen LogP) is 2.70. The van der Waals surface area contributed by atoms with Crippen LogP contribution < -0.4 is 0 Å². The molecule has 2 aromatic rings. The highest BCUT2D eigenvalue weighted by Crippen LogP contribution is 2.22. The van der Waals surface area contributed by atoms with Crippen LogP contribution in [-0.2, 0) is 24.3 Å². The molecular formula is C17H19ClFN3O2. The number of carbonyl (C=O) groups excluding carboxylic acids is 1. The number of aromatic nitrogens is 2. The third-order valence-corrected chi connectivity index (χ3v) is 4.56. The van der Waals surface area contributed by atoms with E-state index >= 15 is 0 Å². The molecule has 7 heteroatoms. The number of fused-ring (bicyclic) bond motifs is 1. The molecule has 128 valence electrons. The zero-order valence-corrected chi connectivity index (χ0v) is 14.1. The van der Waals surface area contributed by atoms with E-state index in [1.54, 1.807) is 17.9 Å². The van der Waals surface area contributed by atoms with Gasteiger partial charge >= 0.3 is 0 Å². The summed E-state index contributed by atoms with van der Waals surface area (Å²) < 4.78 is 15.7. The lowest BCUT2D eigenvalue weighted by atomic mass is 10.1. The van der Waals surface area contributed by atoms with Gasteiger partial charge in [0.05, 0.1) is 30.5 Å². The summed E-state index contributed by atoms with van der Waals surface area (Å²) in [5, 5.41) is 14.3. The summed E-state index contributed by atoms with van der Waals surface area (Å²) in [5.74, 6) is -0.637. The van der Waals surface area contributed by atoms with E-state index in [1.165, 1.54) is 12.1 Å². The zero-order chi connectivity index (χ0) is 17.3. The Balaban J connectivity index is 1.78. The number of aryl methyl sites for hydroxylation is 1. The standard InChI is InChI=1S/C17H19ClFN3O2/c1-11(23)16-8-12-10-21(6-3-7-22(12)20-16)17(24)9-13-14(18)4-2-5-15(13)19/h2,4-5,8,11,23H,3,6-7,9-10H2,1H3/t11-/m0/s1. The van der Waals surface area contributed by atoms with E-state index in [0.29, 0.717) is 25.3 Å². The van der Waals surface area contributed by atoms with Crippen LogP contribution in [0.5, 0.6) is 0 Å². The van der Waals surface area contributed by atoms with Crippen molar-refractivity contribution in [2.75, 3.05) is 6.54 Å². The third-order valence-electron chi connectivity index (χ3n) is 4.20. The second kappa shape index (κ2) is 6.91. The summed E-state index contributed by atoms with van der Waals surface area (Å²) in [6, 6.07) is 6.22. The molecule has 0 fully saturated rings. The molecule has 1 amide bonds. The van der Waals surface area contributed by atoms with E-state index in [1.807, 2.05) is 10.7 Å². The molecule has 24 heavy (non-hydrogen) atoms. The molecule has 1 aliphatic rings. The van der Waals surface area contributed by atoms with Gasteiger partial charge in [-0.25, -0.2) is 4.39 Å². The van der Waals surface area contributed by atoms with Crippen LogP contribution in [0.3, 0.4) is 0 Å². The highest BCUT2D eigenvalue weighted by molar-refractivity contribution is 6.31. The molecule has 0 saturated carbocycles. The second-order valence-corrected chi connectivity index (χ2v) is 6.41. The summed E-state index contributed by atoms with van der Waals surface area (Å²) in [6.07, 6.45) is 0.0407. The molecule has 0 aliphatic carbocycles. The van der Waals surface area contributed by atoms with Crippen LogP contribution >= 0.6 is 11.6 Å². The van der Waals surface area contributed by atoms with Crippen molar-refractivity contribution in [3.8, 4) is 0 Å². The molecule has 5 nitrogen and oxygen atoms in total. The molecule has 2 heterocycles. The van der Waals surface area contributed by atoms with Crippen LogP contribution in [-0.4, -0.2) is 32.2 Å². The van der Waals surface area contributed by atoms with Crippen molar-refractivity contribution in [2.45, 2.75) is 39.0 Å². The van der Waals surface area contributed by atoms with Crippen LogP contribution in [0.2, 0.25) is 5.02 Å². The first-order valence-corrected chi connectivity index (χ1v) is 8.29. The van der Waals surface area contributed by atoms with Crippen LogP contribution in [0.1, 0.15) is 36.4 Å². The predicted molar refractivity (Wildman–Crippen MR) is 88.0 cm³/mol. The van der Waals surface area contributed by atoms with Gasteiger partial charge in [0.2, 0.25) is 5.91 Å². The fourth-order valence-electron chi connectivity index (χ4n) is 2.87. The summed E-state index contributed by atoms with van der Waals surface area (Å²) in [4.78, 5) is 14.3. The summed E-state index contributed by atoms with van der Waals surface area (Å²) in [6.45, 7) is 3.32. The first kappa shape index (κ1) is 16.9. The van der Waals surface area contributed by atoms with Crippen molar-refractivity contribution in [2.24, 2.45) is 0 Å². The van der Waals surface area contributed by atoms with Crippen LogP contribution in [0.4, 0.5) is 4.39 Å². The number of hydrogen-bond donors (Lipinski definition) is 1. The first-order valence-electron chi connectivity index (χ1n) is 7.91. The molecule has 1 N–H and O–H groups in total. The topological polar surface area (TPSA) is 58.4 Å². The number of rotatable bonds is 3. The van der Waals surface area contributed by atoms with Crippen molar-refractivity contribution in [1.82, 2.24) is 14.7 Å². The molecule has 1 aliphatic heterocycles. The molecule has 3 rings (SSSR count). The van der Waals surface area contributed by atoms with Crippen molar-refractivity contribution in [3.05, 3.63) is 52.1 Å². The summed E-state index contributed by atoms with van der Waals surface area (Å²) >= 11 is 6.01. The van der Waals surface area contributed by atoms with Gasteiger partial charge in [-0.05, 0) is 31.5 Å². The molecule has 0 unspecified atom stereocenters. The number of aliphatic hydroxyl groups excluding tert-OH is 1. The molecule has 0 bridgehead atoms. The van der Waals surface area contributed by atoms with Gasteiger partial charge in [-0.15, -0.1) is 0 Å². The Labute approximate surface area is 144 Å². The lowest BCUT2D eigenvalue weighted by molar-refractivity contribution is -0.131. The Morgan fingerprint density at radius 1 is 1.46 bits per heavy atom. The highest BCUT2D eigenvalue weighted by atomic mass is 35.5. The van der Waals surface area contributed by atoms with E-state index in [9.17, 15) is 14.3 Å². The minimum absolute atomic E-state index is 0.0666. The average molecular weight is 352 g/mol. The van der Waals surface area contributed by atoms with E-state index in [-0.39, 0.29) is 22.9 Å². The van der Waals surface area contributed by atoms with Gasteiger partial charge in [0.1, 0.15) is 5.82 Å². The van der Waals surface area contributed by atoms with Crippen molar-refractivity contribution in [3.63, 3.8) is 0 Å². The highest BCUT2D eigenvalue weighted by Gasteiger charge is 2.23. The van der Waals surface area contributed by atoms with E-state index in [2.05, 4.69) is 5.10 Å². The molecule has 0 radical (unpaired) electrons. The van der Waals surface area contributed by atoms with Crippen LogP contribution in [0, 0.1) is 5.82 Å². The number of aliphatic hydroxyl groups is 1. The number of benzene rings is 1. The van der Waals surface area contributed by atoms with E-state index < -0.39 is 11.9 Å². The van der Waals surface area contributed by atoms with Gasteiger partial charge < -0.3 is 10.0 Å². The minimum Gasteiger partial charge on any atom is -0.387 e. The summed E-state index contributed by atoms with van der Waals surface area (Å²) in [5.41, 5.74) is 1.69.